The van der Waals surface area contributed by atoms with Gasteiger partial charge in [0.05, 0.1) is 23.0 Å². The van der Waals surface area contributed by atoms with Gasteiger partial charge in [-0.15, -0.1) is 11.3 Å². The van der Waals surface area contributed by atoms with Crippen LogP contribution in [0.1, 0.15) is 30.2 Å². The van der Waals surface area contributed by atoms with Crippen molar-refractivity contribution in [1.82, 2.24) is 5.32 Å². The summed E-state index contributed by atoms with van der Waals surface area (Å²) < 4.78 is 0. The molecule has 1 aromatic heterocycles. The average molecular weight is 324 g/mol. The number of hydrogen-bond donors (Lipinski definition) is 2. The maximum atomic E-state index is 9.04. The zero-order valence-electron chi connectivity index (χ0n) is 13.2. The first-order valence-electron chi connectivity index (χ1n) is 7.74. The highest BCUT2D eigenvalue weighted by atomic mass is 32.1. The minimum atomic E-state index is -0.446. The molecule has 0 bridgehead atoms. The number of aliphatic imine (C=N–C) groups is 1. The van der Waals surface area contributed by atoms with E-state index in [1.807, 2.05) is 31.2 Å². The molecule has 2 heterocycles. The molecule has 0 radical (unpaired) electrons. The Morgan fingerprint density at radius 1 is 1.39 bits per heavy atom. The molecule has 3 rings (SSSR count). The first kappa shape index (κ1) is 15.7. The van der Waals surface area contributed by atoms with E-state index in [1.165, 1.54) is 0 Å². The Labute approximate surface area is 140 Å². The van der Waals surface area contributed by atoms with Gasteiger partial charge in [-0.05, 0) is 48.1 Å². The number of nitriles is 1. The van der Waals surface area contributed by atoms with E-state index in [0.29, 0.717) is 12.0 Å². The summed E-state index contributed by atoms with van der Waals surface area (Å²) in [6.07, 6.45) is 1.80. The normalized spacial score (nSPS) is 16.8. The third-order valence-electron chi connectivity index (χ3n) is 3.99. The molecule has 4 nitrogen and oxygen atoms in total. The lowest BCUT2D eigenvalue weighted by molar-refractivity contribution is 0.515. The molecule has 1 atom stereocenters. The topological polar surface area (TPSA) is 74.2 Å². The molecule has 0 aliphatic carbocycles. The first-order valence-corrected chi connectivity index (χ1v) is 8.62. The van der Waals surface area contributed by atoms with Gasteiger partial charge in [0.15, 0.2) is 0 Å². The third kappa shape index (κ3) is 3.61. The van der Waals surface area contributed by atoms with Crippen molar-refractivity contribution in [3.63, 3.8) is 0 Å². The maximum Gasteiger partial charge on any atom is 0.0991 e. The largest absolute Gasteiger partial charge is 0.374 e. The van der Waals surface area contributed by atoms with E-state index >= 15 is 0 Å². The van der Waals surface area contributed by atoms with Crippen LogP contribution in [0.5, 0.6) is 0 Å². The Morgan fingerprint density at radius 2 is 2.26 bits per heavy atom. The molecule has 118 valence electrons. The fourth-order valence-electron chi connectivity index (χ4n) is 2.69. The third-order valence-corrected chi connectivity index (χ3v) is 5.20. The van der Waals surface area contributed by atoms with Crippen molar-refractivity contribution in [3.8, 4) is 17.2 Å². The summed E-state index contributed by atoms with van der Waals surface area (Å²) in [6, 6.07) is 12.0. The number of hydrogen-bond acceptors (Lipinski definition) is 5. The number of benzene rings is 1. The van der Waals surface area contributed by atoms with E-state index in [4.69, 9.17) is 11.0 Å². The summed E-state index contributed by atoms with van der Waals surface area (Å²) in [7, 11) is 0. The molecule has 0 saturated heterocycles. The second-order valence-corrected chi connectivity index (χ2v) is 7.01. The number of amidine groups is 1. The molecule has 0 spiro atoms. The van der Waals surface area contributed by atoms with Crippen LogP contribution in [0.15, 0.2) is 40.7 Å². The Kier molecular flexibility index (Phi) is 4.46. The second-order valence-electron chi connectivity index (χ2n) is 6.10. The smallest absolute Gasteiger partial charge is 0.0991 e. The number of nitrogens with zero attached hydrogens (tertiary/aromatic N) is 2. The predicted octanol–water partition coefficient (Wildman–Crippen LogP) is 3.24. The van der Waals surface area contributed by atoms with E-state index < -0.39 is 5.54 Å². The van der Waals surface area contributed by atoms with Crippen LogP contribution in [0.25, 0.3) is 11.1 Å². The summed E-state index contributed by atoms with van der Waals surface area (Å²) in [6.45, 7) is 3.91. The van der Waals surface area contributed by atoms with Crippen molar-refractivity contribution < 1.29 is 0 Å². The Bertz CT molecular complexity index is 767. The lowest BCUT2D eigenvalue weighted by Crippen LogP contribution is -2.40. The zero-order valence-corrected chi connectivity index (χ0v) is 14.0. The quantitative estimate of drug-likeness (QED) is 0.906. The number of rotatable bonds is 4. The molecule has 0 unspecified atom stereocenters. The van der Waals surface area contributed by atoms with Gasteiger partial charge in [-0.2, -0.15) is 5.26 Å². The monoisotopic (exact) mass is 324 g/mol. The van der Waals surface area contributed by atoms with Crippen LogP contribution >= 0.6 is 11.3 Å². The zero-order chi connectivity index (χ0) is 16.3. The van der Waals surface area contributed by atoms with Crippen LogP contribution in [-0.4, -0.2) is 18.9 Å². The molecular weight excluding hydrogens is 304 g/mol. The summed E-state index contributed by atoms with van der Waals surface area (Å²) in [5.41, 5.74) is 8.94. The minimum absolute atomic E-state index is 0.446. The summed E-state index contributed by atoms with van der Waals surface area (Å²) >= 11 is 1.66. The van der Waals surface area contributed by atoms with E-state index in [2.05, 4.69) is 27.8 Å². The van der Waals surface area contributed by atoms with E-state index in [0.717, 1.165) is 41.4 Å². The van der Waals surface area contributed by atoms with Gasteiger partial charge in [0.1, 0.15) is 0 Å². The Balaban J connectivity index is 1.82. The molecule has 0 saturated carbocycles. The molecule has 1 aliphatic rings. The van der Waals surface area contributed by atoms with Gasteiger partial charge < -0.3 is 11.1 Å². The molecule has 0 fully saturated rings. The van der Waals surface area contributed by atoms with Crippen molar-refractivity contribution in [2.45, 2.75) is 25.3 Å². The lowest BCUT2D eigenvalue weighted by Gasteiger charge is -2.26. The predicted molar refractivity (Wildman–Crippen MR) is 95.5 cm³/mol. The first-order chi connectivity index (χ1) is 11.1. The highest BCUT2D eigenvalue weighted by Crippen LogP contribution is 2.33. The summed E-state index contributed by atoms with van der Waals surface area (Å²) in [5.74, 6) is 1.00. The molecule has 3 N–H and O–H groups in total. The van der Waals surface area contributed by atoms with Crippen LogP contribution in [0.4, 0.5) is 0 Å². The van der Waals surface area contributed by atoms with E-state index in [1.54, 1.807) is 11.3 Å². The van der Waals surface area contributed by atoms with Crippen LogP contribution in [-0.2, 0) is 5.54 Å². The van der Waals surface area contributed by atoms with Gasteiger partial charge in [0.25, 0.3) is 0 Å². The number of thiophene rings is 1. The van der Waals surface area contributed by atoms with Gasteiger partial charge in [-0.25, -0.2) is 0 Å². The lowest BCUT2D eigenvalue weighted by atomic mass is 9.94. The van der Waals surface area contributed by atoms with Crippen molar-refractivity contribution >= 4 is 17.2 Å². The molecule has 23 heavy (non-hydrogen) atoms. The summed E-state index contributed by atoms with van der Waals surface area (Å²) in [5, 5.41) is 14.5. The molecular formula is C18H20N4S. The molecule has 1 aliphatic heterocycles. The fourth-order valence-corrected chi connectivity index (χ4v) is 3.68. The van der Waals surface area contributed by atoms with Gasteiger partial charge in [-0.1, -0.05) is 12.1 Å². The fraction of sp³-hybridized carbons (Fsp3) is 0.333. The maximum absolute atomic E-state index is 9.04. The van der Waals surface area contributed by atoms with Crippen molar-refractivity contribution in [2.75, 3.05) is 13.1 Å². The SMILES string of the molecule is C[C@](N)(CC1=NCCCN1)c1cc(-c2cccc(C#N)c2)cs1. The van der Waals surface area contributed by atoms with E-state index in [-0.39, 0.29) is 0 Å². The standard InChI is InChI=1S/C18H20N4S/c1-18(20,10-17-21-6-3-7-22-17)16-9-15(12-23-16)14-5-2-4-13(8-14)11-19/h2,4-5,8-9,12H,3,6-7,10,20H2,1H3,(H,21,22)/t18-/m0/s1. The van der Waals surface area contributed by atoms with Crippen LogP contribution in [0.3, 0.4) is 0 Å². The van der Waals surface area contributed by atoms with Gasteiger partial charge in [0, 0.05) is 24.4 Å². The van der Waals surface area contributed by atoms with Crippen LogP contribution < -0.4 is 11.1 Å². The average Bonchev–Trinajstić information content (AvgIpc) is 3.06. The van der Waals surface area contributed by atoms with Crippen molar-refractivity contribution in [3.05, 3.63) is 46.2 Å². The number of nitrogens with one attached hydrogen (secondary N) is 1. The van der Waals surface area contributed by atoms with Gasteiger partial charge in [-0.3, -0.25) is 4.99 Å². The Hall–Kier alpha value is -2.16. The second kappa shape index (κ2) is 6.53. The molecule has 0 amide bonds. The highest BCUT2D eigenvalue weighted by molar-refractivity contribution is 7.10. The number of nitrogens with two attached hydrogens (primary N) is 1. The summed E-state index contributed by atoms with van der Waals surface area (Å²) in [4.78, 5) is 5.65. The Morgan fingerprint density at radius 3 is 3.00 bits per heavy atom. The molecule has 5 heteroatoms. The van der Waals surface area contributed by atoms with Crippen LogP contribution in [0.2, 0.25) is 0 Å². The van der Waals surface area contributed by atoms with Crippen LogP contribution in [0, 0.1) is 11.3 Å². The highest BCUT2D eigenvalue weighted by Gasteiger charge is 2.26. The molecule has 2 aromatic rings. The van der Waals surface area contributed by atoms with Gasteiger partial charge >= 0.3 is 0 Å². The minimum Gasteiger partial charge on any atom is -0.374 e. The molecule has 1 aromatic carbocycles. The van der Waals surface area contributed by atoms with E-state index in [9.17, 15) is 0 Å². The van der Waals surface area contributed by atoms with Gasteiger partial charge in [0.2, 0.25) is 0 Å². The van der Waals surface area contributed by atoms with Crippen molar-refractivity contribution in [2.24, 2.45) is 10.7 Å². The van der Waals surface area contributed by atoms with Crippen molar-refractivity contribution in [1.29, 1.82) is 5.26 Å².